The number of rotatable bonds is 2. The molecule has 0 radical (unpaired) electrons. The second kappa shape index (κ2) is 4.24. The van der Waals surface area contributed by atoms with Gasteiger partial charge in [0.05, 0.1) is 5.52 Å². The lowest BCUT2D eigenvalue weighted by atomic mass is 9.67. The van der Waals surface area contributed by atoms with E-state index in [1.165, 1.54) is 0 Å². The van der Waals surface area contributed by atoms with Gasteiger partial charge in [-0.1, -0.05) is 32.0 Å². The largest absolute Gasteiger partial charge is 0.377 e. The maximum Gasteiger partial charge on any atom is 0.377 e. The van der Waals surface area contributed by atoms with Crippen LogP contribution in [-0.4, -0.2) is 12.0 Å². The topological polar surface area (TPSA) is 12.9 Å². The van der Waals surface area contributed by atoms with E-state index in [2.05, 4.69) is 18.8 Å². The summed E-state index contributed by atoms with van der Waals surface area (Å²) in [4.78, 5) is 4.55. The first kappa shape index (κ1) is 11.1. The Morgan fingerprint density at radius 1 is 1.19 bits per heavy atom. The van der Waals surface area contributed by atoms with Crippen molar-refractivity contribution in [1.29, 1.82) is 0 Å². The first-order valence-corrected chi connectivity index (χ1v) is 5.62. The van der Waals surface area contributed by atoms with Crippen LogP contribution in [0.5, 0.6) is 0 Å². The fourth-order valence-electron chi connectivity index (χ4n) is 1.73. The Bertz CT molecular complexity index is 461. The third-order valence-electron chi connectivity index (χ3n) is 2.79. The van der Waals surface area contributed by atoms with E-state index in [0.717, 1.165) is 16.6 Å². The quantitative estimate of drug-likeness (QED) is 0.701. The van der Waals surface area contributed by atoms with Crippen molar-refractivity contribution in [2.45, 2.75) is 26.6 Å². The molecular formula is C13H15BFN. The van der Waals surface area contributed by atoms with Crippen LogP contribution >= 0.6 is 0 Å². The second-order valence-electron chi connectivity index (χ2n) is 4.46. The van der Waals surface area contributed by atoms with Gasteiger partial charge in [0, 0.05) is 5.69 Å². The van der Waals surface area contributed by atoms with Gasteiger partial charge in [-0.05, 0) is 35.7 Å². The summed E-state index contributed by atoms with van der Waals surface area (Å²) >= 11 is 0. The third-order valence-corrected chi connectivity index (χ3v) is 2.79. The van der Waals surface area contributed by atoms with Crippen molar-refractivity contribution >= 4 is 23.4 Å². The van der Waals surface area contributed by atoms with Crippen LogP contribution in [-0.2, 0) is 0 Å². The number of halogens is 1. The highest BCUT2D eigenvalue weighted by molar-refractivity contribution is 6.65. The van der Waals surface area contributed by atoms with Gasteiger partial charge in [-0.3, -0.25) is 4.98 Å². The number of fused-ring (bicyclic) bond motifs is 1. The van der Waals surface area contributed by atoms with Gasteiger partial charge in [0.25, 0.3) is 0 Å². The van der Waals surface area contributed by atoms with Crippen LogP contribution in [0.25, 0.3) is 10.9 Å². The zero-order valence-corrected chi connectivity index (χ0v) is 9.87. The molecule has 0 aliphatic heterocycles. The molecule has 16 heavy (non-hydrogen) atoms. The van der Waals surface area contributed by atoms with Gasteiger partial charge >= 0.3 is 6.99 Å². The molecule has 2 rings (SSSR count). The highest BCUT2D eigenvalue weighted by atomic mass is 19.1. The van der Waals surface area contributed by atoms with E-state index >= 15 is 0 Å². The molecule has 0 N–H and O–H groups in total. The van der Waals surface area contributed by atoms with Crippen LogP contribution in [0, 0.1) is 0 Å². The van der Waals surface area contributed by atoms with Gasteiger partial charge in [-0.25, -0.2) is 0 Å². The van der Waals surface area contributed by atoms with E-state index < -0.39 is 6.99 Å². The van der Waals surface area contributed by atoms with Crippen molar-refractivity contribution < 1.29 is 4.32 Å². The van der Waals surface area contributed by atoms with Crippen molar-refractivity contribution in [3.8, 4) is 0 Å². The summed E-state index contributed by atoms with van der Waals surface area (Å²) in [6.07, 6.45) is 0. The summed E-state index contributed by atoms with van der Waals surface area (Å²) in [7, 11) is 0. The van der Waals surface area contributed by atoms with Crippen LogP contribution in [0.15, 0.2) is 30.3 Å². The van der Waals surface area contributed by atoms with Gasteiger partial charge in [0.2, 0.25) is 0 Å². The molecular weight excluding hydrogens is 200 g/mol. The van der Waals surface area contributed by atoms with Crippen LogP contribution in [0.2, 0.25) is 6.82 Å². The molecule has 1 aromatic carbocycles. The molecule has 0 bridgehead atoms. The minimum atomic E-state index is -0.922. The number of benzene rings is 1. The zero-order chi connectivity index (χ0) is 11.7. The number of aromatic nitrogens is 1. The predicted molar refractivity (Wildman–Crippen MR) is 68.2 cm³/mol. The standard InChI is InChI=1S/C13H15BFN/c1-9(2)12-6-4-10-8-11(14(3)15)5-7-13(10)16-12/h4-9H,1-3H3. The molecule has 0 fully saturated rings. The first-order valence-electron chi connectivity index (χ1n) is 5.62. The van der Waals surface area contributed by atoms with E-state index in [1.54, 1.807) is 6.82 Å². The zero-order valence-electron chi connectivity index (χ0n) is 9.87. The summed E-state index contributed by atoms with van der Waals surface area (Å²) < 4.78 is 13.1. The van der Waals surface area contributed by atoms with Crippen molar-refractivity contribution in [3.63, 3.8) is 0 Å². The number of nitrogens with zero attached hydrogens (tertiary/aromatic N) is 1. The Kier molecular flexibility index (Phi) is 2.95. The molecule has 0 amide bonds. The summed E-state index contributed by atoms with van der Waals surface area (Å²) in [5, 5.41) is 1.01. The van der Waals surface area contributed by atoms with Gasteiger partial charge in [0.1, 0.15) is 0 Å². The Balaban J connectivity index is 2.53. The van der Waals surface area contributed by atoms with Crippen molar-refractivity contribution in [2.24, 2.45) is 0 Å². The normalized spacial score (nSPS) is 11.1. The van der Waals surface area contributed by atoms with Crippen molar-refractivity contribution in [3.05, 3.63) is 36.0 Å². The molecule has 0 aliphatic rings. The molecule has 1 heterocycles. The molecule has 0 atom stereocenters. The van der Waals surface area contributed by atoms with Gasteiger partial charge in [0.15, 0.2) is 0 Å². The number of hydrogen-bond acceptors (Lipinski definition) is 1. The third kappa shape index (κ3) is 2.08. The SMILES string of the molecule is CB(F)c1ccc2nc(C(C)C)ccc2c1. The van der Waals surface area contributed by atoms with E-state index in [4.69, 9.17) is 0 Å². The maximum atomic E-state index is 13.1. The van der Waals surface area contributed by atoms with Gasteiger partial charge in [-0.2, -0.15) is 0 Å². The number of pyridine rings is 1. The minimum absolute atomic E-state index is 0.421. The molecule has 0 saturated carbocycles. The molecule has 0 aliphatic carbocycles. The lowest BCUT2D eigenvalue weighted by Crippen LogP contribution is -2.20. The monoisotopic (exact) mass is 215 g/mol. The highest BCUT2D eigenvalue weighted by Gasteiger charge is 2.10. The average molecular weight is 215 g/mol. The lowest BCUT2D eigenvalue weighted by Gasteiger charge is -2.07. The molecule has 0 saturated heterocycles. The van der Waals surface area contributed by atoms with Crippen molar-refractivity contribution in [1.82, 2.24) is 4.98 Å². The van der Waals surface area contributed by atoms with E-state index in [1.807, 2.05) is 30.3 Å². The Hall–Kier alpha value is -1.38. The second-order valence-corrected chi connectivity index (χ2v) is 4.46. The summed E-state index contributed by atoms with van der Waals surface area (Å²) in [5.41, 5.74) is 2.73. The van der Waals surface area contributed by atoms with Gasteiger partial charge < -0.3 is 4.32 Å². The average Bonchev–Trinajstić information content (AvgIpc) is 2.27. The molecule has 82 valence electrons. The smallest absolute Gasteiger partial charge is 0.330 e. The molecule has 0 spiro atoms. The summed E-state index contributed by atoms with van der Waals surface area (Å²) in [5.74, 6) is 0.421. The molecule has 0 unspecified atom stereocenters. The molecule has 1 aromatic heterocycles. The lowest BCUT2D eigenvalue weighted by molar-refractivity contribution is 0.830. The highest BCUT2D eigenvalue weighted by Crippen LogP contribution is 2.16. The fourth-order valence-corrected chi connectivity index (χ4v) is 1.73. The van der Waals surface area contributed by atoms with Crippen molar-refractivity contribution in [2.75, 3.05) is 0 Å². The minimum Gasteiger partial charge on any atom is -0.330 e. The first-order chi connectivity index (χ1) is 7.58. The van der Waals surface area contributed by atoms with E-state index in [9.17, 15) is 4.32 Å². The van der Waals surface area contributed by atoms with E-state index in [0.29, 0.717) is 11.4 Å². The molecule has 3 heteroatoms. The van der Waals surface area contributed by atoms with E-state index in [-0.39, 0.29) is 0 Å². The van der Waals surface area contributed by atoms with Crippen LogP contribution in [0.3, 0.4) is 0 Å². The summed E-state index contributed by atoms with van der Waals surface area (Å²) in [6, 6.07) is 9.61. The molecule has 1 nitrogen and oxygen atoms in total. The Morgan fingerprint density at radius 2 is 1.94 bits per heavy atom. The Labute approximate surface area is 95.8 Å². The fraction of sp³-hybridized carbons (Fsp3) is 0.308. The maximum absolute atomic E-state index is 13.1. The molecule has 2 aromatic rings. The van der Waals surface area contributed by atoms with Crippen LogP contribution in [0.4, 0.5) is 4.32 Å². The summed E-state index contributed by atoms with van der Waals surface area (Å²) in [6.45, 7) is 4.87. The van der Waals surface area contributed by atoms with Crippen LogP contribution < -0.4 is 5.46 Å². The number of hydrogen-bond donors (Lipinski definition) is 0. The van der Waals surface area contributed by atoms with Crippen LogP contribution in [0.1, 0.15) is 25.5 Å². The Morgan fingerprint density at radius 3 is 2.56 bits per heavy atom. The van der Waals surface area contributed by atoms with Gasteiger partial charge in [-0.15, -0.1) is 0 Å². The predicted octanol–water partition coefficient (Wildman–Crippen LogP) is 3.16.